The molecule has 0 aromatic heterocycles. The van der Waals surface area contributed by atoms with Gasteiger partial charge in [0.2, 0.25) is 0 Å². The van der Waals surface area contributed by atoms with Gasteiger partial charge in [-0.05, 0) is 74.4 Å². The minimum absolute atomic E-state index is 0.0739. The van der Waals surface area contributed by atoms with Crippen LogP contribution in [0.2, 0.25) is 5.02 Å². The zero-order valence-corrected chi connectivity index (χ0v) is 18.1. The molecule has 0 bridgehead atoms. The lowest BCUT2D eigenvalue weighted by Crippen LogP contribution is -2.83. The molecule has 0 aliphatic carbocycles. The number of quaternary nitrogens is 1. The standard InChI is InChI=1S/C24H32ClNO2/c1-23(2)18-24(13-15-28-23,16-20-6-4-5-7-22(20)25)12-14-26-17-19-8-10-21(27-3)11-9-19/h4-11,26H,12-18H2,1-3H3/p+1/t24-/m1/s1. The molecule has 1 fully saturated rings. The number of benzene rings is 2. The molecule has 0 radical (unpaired) electrons. The maximum absolute atomic E-state index is 6.49. The zero-order valence-electron chi connectivity index (χ0n) is 17.3. The number of ether oxygens (including phenoxy) is 2. The third kappa shape index (κ3) is 5.73. The van der Waals surface area contributed by atoms with Crippen molar-refractivity contribution in [2.75, 3.05) is 20.3 Å². The monoisotopic (exact) mass is 402 g/mol. The topological polar surface area (TPSA) is 35.1 Å². The molecule has 1 atom stereocenters. The Morgan fingerprint density at radius 3 is 2.54 bits per heavy atom. The van der Waals surface area contributed by atoms with Crippen molar-refractivity contribution in [3.63, 3.8) is 0 Å². The minimum atomic E-state index is -0.0739. The van der Waals surface area contributed by atoms with Crippen molar-refractivity contribution >= 4 is 11.6 Å². The number of nitrogens with two attached hydrogens (primary N) is 1. The Morgan fingerprint density at radius 1 is 1.11 bits per heavy atom. The van der Waals surface area contributed by atoms with Gasteiger partial charge in [-0.3, -0.25) is 0 Å². The summed E-state index contributed by atoms with van der Waals surface area (Å²) < 4.78 is 11.3. The van der Waals surface area contributed by atoms with Crippen LogP contribution in [-0.4, -0.2) is 25.9 Å². The van der Waals surface area contributed by atoms with Gasteiger partial charge in [0.05, 0.1) is 19.3 Å². The summed E-state index contributed by atoms with van der Waals surface area (Å²) in [7, 11) is 1.70. The van der Waals surface area contributed by atoms with Crippen LogP contribution in [0.1, 0.15) is 44.2 Å². The van der Waals surface area contributed by atoms with Crippen molar-refractivity contribution < 1.29 is 14.8 Å². The number of rotatable bonds is 8. The van der Waals surface area contributed by atoms with Crippen LogP contribution in [0, 0.1) is 5.41 Å². The third-order valence-electron chi connectivity index (χ3n) is 5.87. The summed E-state index contributed by atoms with van der Waals surface area (Å²) in [6.07, 6.45) is 4.36. The number of hydrogen-bond acceptors (Lipinski definition) is 2. The Hall–Kier alpha value is -1.55. The zero-order chi connectivity index (χ0) is 20.0. The van der Waals surface area contributed by atoms with E-state index in [-0.39, 0.29) is 11.0 Å². The minimum Gasteiger partial charge on any atom is -0.497 e. The average molecular weight is 403 g/mol. The molecule has 0 unspecified atom stereocenters. The van der Waals surface area contributed by atoms with E-state index in [1.54, 1.807) is 7.11 Å². The predicted octanol–water partition coefficient (Wildman–Crippen LogP) is 4.62. The molecule has 1 heterocycles. The van der Waals surface area contributed by atoms with Crippen LogP contribution in [-0.2, 0) is 17.7 Å². The van der Waals surface area contributed by atoms with Gasteiger partial charge in [-0.1, -0.05) is 29.8 Å². The van der Waals surface area contributed by atoms with Gasteiger partial charge < -0.3 is 14.8 Å². The van der Waals surface area contributed by atoms with E-state index in [2.05, 4.69) is 43.4 Å². The van der Waals surface area contributed by atoms with Gasteiger partial charge in [-0.15, -0.1) is 0 Å². The van der Waals surface area contributed by atoms with Crippen molar-refractivity contribution in [3.8, 4) is 5.75 Å². The van der Waals surface area contributed by atoms with Gasteiger partial charge in [0, 0.05) is 23.6 Å². The van der Waals surface area contributed by atoms with Crippen LogP contribution >= 0.6 is 11.6 Å². The van der Waals surface area contributed by atoms with Crippen molar-refractivity contribution in [2.24, 2.45) is 5.41 Å². The molecule has 1 aliphatic rings. The van der Waals surface area contributed by atoms with E-state index in [0.717, 1.165) is 49.7 Å². The second kappa shape index (κ2) is 9.30. The van der Waals surface area contributed by atoms with E-state index in [9.17, 15) is 0 Å². The Balaban J connectivity index is 1.63. The Kier molecular flexibility index (Phi) is 7.03. The fraction of sp³-hybridized carbons (Fsp3) is 0.500. The fourth-order valence-electron chi connectivity index (χ4n) is 4.52. The highest BCUT2D eigenvalue weighted by molar-refractivity contribution is 6.31. The van der Waals surface area contributed by atoms with Gasteiger partial charge in [-0.2, -0.15) is 0 Å². The van der Waals surface area contributed by atoms with E-state index in [1.165, 1.54) is 17.5 Å². The largest absolute Gasteiger partial charge is 0.497 e. The van der Waals surface area contributed by atoms with Gasteiger partial charge in [0.15, 0.2) is 0 Å². The highest BCUT2D eigenvalue weighted by Crippen LogP contribution is 2.44. The van der Waals surface area contributed by atoms with Crippen molar-refractivity contribution in [1.82, 2.24) is 0 Å². The van der Waals surface area contributed by atoms with E-state index in [1.807, 2.05) is 24.3 Å². The quantitative estimate of drug-likeness (QED) is 0.654. The normalized spacial score (nSPS) is 21.4. The summed E-state index contributed by atoms with van der Waals surface area (Å²) in [6, 6.07) is 16.6. The van der Waals surface area contributed by atoms with E-state index >= 15 is 0 Å². The molecule has 4 heteroatoms. The second-order valence-corrected chi connectivity index (χ2v) is 9.09. The first-order chi connectivity index (χ1) is 13.4. The van der Waals surface area contributed by atoms with Crippen molar-refractivity contribution in [2.45, 2.75) is 51.7 Å². The highest BCUT2D eigenvalue weighted by Gasteiger charge is 2.41. The second-order valence-electron chi connectivity index (χ2n) is 8.68. The first-order valence-corrected chi connectivity index (χ1v) is 10.6. The van der Waals surface area contributed by atoms with Crippen molar-refractivity contribution in [3.05, 3.63) is 64.7 Å². The van der Waals surface area contributed by atoms with Crippen LogP contribution < -0.4 is 10.1 Å². The summed E-state index contributed by atoms with van der Waals surface area (Å²) in [5, 5.41) is 3.30. The lowest BCUT2D eigenvalue weighted by atomic mass is 9.68. The van der Waals surface area contributed by atoms with Crippen LogP contribution in [0.15, 0.2) is 48.5 Å². The van der Waals surface area contributed by atoms with Gasteiger partial charge >= 0.3 is 0 Å². The molecule has 152 valence electrons. The molecule has 3 rings (SSSR count). The molecule has 0 saturated carbocycles. The van der Waals surface area contributed by atoms with Gasteiger partial charge in [0.25, 0.3) is 0 Å². The summed E-state index contributed by atoms with van der Waals surface area (Å²) in [5.41, 5.74) is 2.75. The molecule has 2 aromatic rings. The molecule has 2 N–H and O–H groups in total. The molecule has 1 aliphatic heterocycles. The summed E-state index contributed by atoms with van der Waals surface area (Å²) in [4.78, 5) is 0. The number of hydrogen-bond donors (Lipinski definition) is 1. The lowest BCUT2D eigenvalue weighted by Gasteiger charge is -2.45. The Morgan fingerprint density at radius 2 is 1.86 bits per heavy atom. The predicted molar refractivity (Wildman–Crippen MR) is 115 cm³/mol. The van der Waals surface area contributed by atoms with E-state index in [4.69, 9.17) is 21.1 Å². The molecular formula is C24H33ClNO2+. The van der Waals surface area contributed by atoms with Crippen LogP contribution in [0.3, 0.4) is 0 Å². The smallest absolute Gasteiger partial charge is 0.118 e. The lowest BCUT2D eigenvalue weighted by molar-refractivity contribution is -0.672. The molecule has 3 nitrogen and oxygen atoms in total. The maximum atomic E-state index is 6.49. The third-order valence-corrected chi connectivity index (χ3v) is 6.24. The first-order valence-electron chi connectivity index (χ1n) is 10.2. The van der Waals surface area contributed by atoms with Gasteiger partial charge in [0.1, 0.15) is 12.3 Å². The molecule has 1 saturated heterocycles. The highest BCUT2D eigenvalue weighted by atomic mass is 35.5. The van der Waals surface area contributed by atoms with E-state index < -0.39 is 0 Å². The molecular weight excluding hydrogens is 370 g/mol. The maximum Gasteiger partial charge on any atom is 0.118 e. The molecule has 28 heavy (non-hydrogen) atoms. The van der Waals surface area contributed by atoms with Crippen LogP contribution in [0.25, 0.3) is 0 Å². The van der Waals surface area contributed by atoms with Crippen LogP contribution in [0.5, 0.6) is 5.75 Å². The average Bonchev–Trinajstić information content (AvgIpc) is 2.67. The molecule has 2 aromatic carbocycles. The Labute approximate surface area is 174 Å². The van der Waals surface area contributed by atoms with Crippen molar-refractivity contribution in [1.29, 1.82) is 0 Å². The summed E-state index contributed by atoms with van der Waals surface area (Å²) >= 11 is 6.49. The summed E-state index contributed by atoms with van der Waals surface area (Å²) in [6.45, 7) is 7.36. The number of halogens is 1. The molecule has 0 spiro atoms. The fourth-order valence-corrected chi connectivity index (χ4v) is 4.73. The van der Waals surface area contributed by atoms with Crippen LogP contribution in [0.4, 0.5) is 0 Å². The molecule has 0 amide bonds. The first kappa shape index (κ1) is 21.2. The Bertz CT molecular complexity index is 759. The SMILES string of the molecule is COc1ccc(C[NH2+]CC[C@]2(Cc3ccccc3Cl)CCOC(C)(C)C2)cc1. The van der Waals surface area contributed by atoms with Gasteiger partial charge in [-0.25, -0.2) is 0 Å². The van der Waals surface area contributed by atoms with E-state index in [0.29, 0.717) is 0 Å². The summed E-state index contributed by atoms with van der Waals surface area (Å²) in [5.74, 6) is 0.909. The number of methoxy groups -OCH3 is 1.